The largest absolute Gasteiger partial charge is 0.331 e. The number of carbonyl (C=O) groups is 2. The summed E-state index contributed by atoms with van der Waals surface area (Å²) < 4.78 is 0. The van der Waals surface area contributed by atoms with Crippen molar-refractivity contribution in [3.05, 3.63) is 29.3 Å². The van der Waals surface area contributed by atoms with E-state index in [4.69, 9.17) is 11.6 Å². The molecule has 1 aliphatic rings. The van der Waals surface area contributed by atoms with Crippen molar-refractivity contribution < 1.29 is 9.59 Å². The van der Waals surface area contributed by atoms with Gasteiger partial charge in [0, 0.05) is 7.05 Å². The van der Waals surface area contributed by atoms with Crippen LogP contribution in [0, 0.1) is 0 Å². The standard InChI is InChI=1S/C11H11ClN2O2/c1-7-10(15)14(11(16)13(7)2)9-6-4-3-5-8(9)12/h3-7H,1-2H3. The highest BCUT2D eigenvalue weighted by molar-refractivity contribution is 6.35. The molecular weight excluding hydrogens is 228 g/mol. The van der Waals surface area contributed by atoms with Crippen molar-refractivity contribution in [1.82, 2.24) is 4.90 Å². The molecule has 1 heterocycles. The van der Waals surface area contributed by atoms with E-state index in [2.05, 4.69) is 0 Å². The molecule has 1 atom stereocenters. The second-order valence-corrected chi connectivity index (χ2v) is 4.10. The molecule has 0 spiro atoms. The van der Waals surface area contributed by atoms with E-state index < -0.39 is 6.04 Å². The van der Waals surface area contributed by atoms with Gasteiger partial charge < -0.3 is 4.90 Å². The van der Waals surface area contributed by atoms with Crippen LogP contribution in [0.25, 0.3) is 0 Å². The summed E-state index contributed by atoms with van der Waals surface area (Å²) in [6.07, 6.45) is 0. The van der Waals surface area contributed by atoms with Gasteiger partial charge in [0.05, 0.1) is 10.7 Å². The predicted molar refractivity (Wildman–Crippen MR) is 61.6 cm³/mol. The molecule has 0 aromatic heterocycles. The fourth-order valence-electron chi connectivity index (χ4n) is 1.62. The number of halogens is 1. The molecule has 84 valence electrons. The molecule has 0 saturated carbocycles. The van der Waals surface area contributed by atoms with E-state index in [1.807, 2.05) is 0 Å². The number of amides is 3. The first-order chi connectivity index (χ1) is 7.54. The Labute approximate surface area is 98.4 Å². The normalized spacial score (nSPS) is 20.8. The van der Waals surface area contributed by atoms with Crippen molar-refractivity contribution in [3.8, 4) is 0 Å². The fourth-order valence-corrected chi connectivity index (χ4v) is 1.85. The monoisotopic (exact) mass is 238 g/mol. The molecule has 0 N–H and O–H groups in total. The Balaban J connectivity index is 2.47. The van der Waals surface area contributed by atoms with Crippen molar-refractivity contribution in [1.29, 1.82) is 0 Å². The summed E-state index contributed by atoms with van der Waals surface area (Å²) in [5.41, 5.74) is 0.440. The van der Waals surface area contributed by atoms with Gasteiger partial charge in [-0.25, -0.2) is 9.69 Å². The second-order valence-electron chi connectivity index (χ2n) is 3.69. The maximum Gasteiger partial charge on any atom is 0.331 e. The summed E-state index contributed by atoms with van der Waals surface area (Å²) in [5.74, 6) is -0.249. The van der Waals surface area contributed by atoms with Crippen LogP contribution in [0.1, 0.15) is 6.92 Å². The number of hydrogen-bond acceptors (Lipinski definition) is 2. The van der Waals surface area contributed by atoms with Crippen molar-refractivity contribution in [2.45, 2.75) is 13.0 Å². The van der Waals surface area contributed by atoms with E-state index in [0.717, 1.165) is 4.90 Å². The number of carbonyl (C=O) groups excluding carboxylic acids is 2. The average molecular weight is 239 g/mol. The molecule has 0 bridgehead atoms. The van der Waals surface area contributed by atoms with Gasteiger partial charge in [0.15, 0.2) is 0 Å². The number of rotatable bonds is 1. The average Bonchev–Trinajstić information content (AvgIpc) is 2.45. The number of hydrogen-bond donors (Lipinski definition) is 0. The van der Waals surface area contributed by atoms with Crippen molar-refractivity contribution in [2.24, 2.45) is 0 Å². The summed E-state index contributed by atoms with van der Waals surface area (Å²) in [7, 11) is 1.60. The molecule has 1 aromatic rings. The van der Waals surface area contributed by atoms with Crippen molar-refractivity contribution in [3.63, 3.8) is 0 Å². The smallest absolute Gasteiger partial charge is 0.315 e. The Hall–Kier alpha value is -1.55. The molecule has 0 aliphatic carbocycles. The van der Waals surface area contributed by atoms with Crippen molar-refractivity contribution in [2.75, 3.05) is 11.9 Å². The third kappa shape index (κ3) is 1.46. The maximum absolute atomic E-state index is 11.9. The van der Waals surface area contributed by atoms with Crippen LogP contribution in [0.2, 0.25) is 5.02 Å². The fraction of sp³-hybridized carbons (Fsp3) is 0.273. The summed E-state index contributed by atoms with van der Waals surface area (Å²) in [5, 5.41) is 0.395. The Kier molecular flexibility index (Phi) is 2.59. The molecule has 1 unspecified atom stereocenters. The summed E-state index contributed by atoms with van der Waals surface area (Å²) >= 11 is 5.97. The van der Waals surface area contributed by atoms with Crippen LogP contribution in [0.15, 0.2) is 24.3 Å². The lowest BCUT2D eigenvalue weighted by atomic mass is 10.2. The zero-order valence-electron chi connectivity index (χ0n) is 8.98. The van der Waals surface area contributed by atoms with Crippen molar-refractivity contribution >= 4 is 29.2 Å². The predicted octanol–water partition coefficient (Wildman–Crippen LogP) is 2.13. The molecule has 1 aromatic carbocycles. The van der Waals surface area contributed by atoms with Gasteiger partial charge in [-0.3, -0.25) is 4.79 Å². The van der Waals surface area contributed by atoms with Crippen LogP contribution in [-0.4, -0.2) is 29.9 Å². The molecule has 2 rings (SSSR count). The van der Waals surface area contributed by atoms with Gasteiger partial charge in [-0.2, -0.15) is 0 Å². The van der Waals surface area contributed by atoms with Gasteiger partial charge in [0.25, 0.3) is 5.91 Å². The zero-order chi connectivity index (χ0) is 11.9. The molecule has 1 saturated heterocycles. The van der Waals surface area contributed by atoms with Crippen LogP contribution >= 0.6 is 11.6 Å². The van der Waals surface area contributed by atoms with E-state index in [0.29, 0.717) is 10.7 Å². The van der Waals surface area contributed by atoms with Gasteiger partial charge in [-0.1, -0.05) is 23.7 Å². The minimum Gasteiger partial charge on any atom is -0.315 e. The molecule has 16 heavy (non-hydrogen) atoms. The Morgan fingerprint density at radius 3 is 2.38 bits per heavy atom. The van der Waals surface area contributed by atoms with Crippen LogP contribution < -0.4 is 4.90 Å². The molecule has 5 heteroatoms. The Morgan fingerprint density at radius 1 is 1.25 bits per heavy atom. The Bertz CT molecular complexity index is 441. The van der Waals surface area contributed by atoms with Gasteiger partial charge >= 0.3 is 6.03 Å². The number of benzene rings is 1. The number of likely N-dealkylation sites (N-methyl/N-ethyl adjacent to an activating group) is 1. The van der Waals surface area contributed by atoms with E-state index in [1.165, 1.54) is 4.90 Å². The van der Waals surface area contributed by atoms with Crippen LogP contribution in [0.3, 0.4) is 0 Å². The lowest BCUT2D eigenvalue weighted by Crippen LogP contribution is -2.31. The molecule has 1 aliphatic heterocycles. The molecule has 0 radical (unpaired) electrons. The first-order valence-electron chi connectivity index (χ1n) is 4.89. The van der Waals surface area contributed by atoms with Crippen LogP contribution in [0.4, 0.5) is 10.5 Å². The lowest BCUT2D eigenvalue weighted by Gasteiger charge is -2.15. The molecule has 3 amide bonds. The van der Waals surface area contributed by atoms with E-state index in [-0.39, 0.29) is 11.9 Å². The summed E-state index contributed by atoms with van der Waals surface area (Å²) in [6, 6.07) is 6.02. The molecule has 1 fully saturated rings. The summed E-state index contributed by atoms with van der Waals surface area (Å²) in [6.45, 7) is 1.69. The highest BCUT2D eigenvalue weighted by Crippen LogP contribution is 2.30. The van der Waals surface area contributed by atoms with E-state index >= 15 is 0 Å². The van der Waals surface area contributed by atoms with Gasteiger partial charge in [-0.15, -0.1) is 0 Å². The SMILES string of the molecule is CC1C(=O)N(c2ccccc2Cl)C(=O)N1C. The third-order valence-electron chi connectivity index (χ3n) is 2.75. The lowest BCUT2D eigenvalue weighted by molar-refractivity contribution is -0.119. The minimum atomic E-state index is -0.441. The van der Waals surface area contributed by atoms with Gasteiger partial charge in [0.1, 0.15) is 6.04 Å². The topological polar surface area (TPSA) is 40.6 Å². The van der Waals surface area contributed by atoms with Gasteiger partial charge in [0.2, 0.25) is 0 Å². The zero-order valence-corrected chi connectivity index (χ0v) is 9.73. The quantitative estimate of drug-likeness (QED) is 0.704. The molecular formula is C11H11ClN2O2. The number of para-hydroxylation sites is 1. The molecule has 4 nitrogen and oxygen atoms in total. The number of imide groups is 1. The van der Waals surface area contributed by atoms with Gasteiger partial charge in [-0.05, 0) is 19.1 Å². The first kappa shape index (κ1) is 11.0. The highest BCUT2D eigenvalue weighted by atomic mass is 35.5. The van der Waals surface area contributed by atoms with Crippen LogP contribution in [0.5, 0.6) is 0 Å². The highest BCUT2D eigenvalue weighted by Gasteiger charge is 2.41. The number of anilines is 1. The minimum absolute atomic E-state index is 0.249. The Morgan fingerprint density at radius 2 is 1.88 bits per heavy atom. The van der Waals surface area contributed by atoms with E-state index in [1.54, 1.807) is 38.2 Å². The first-order valence-corrected chi connectivity index (χ1v) is 5.27. The maximum atomic E-state index is 11.9. The number of urea groups is 1. The van der Waals surface area contributed by atoms with E-state index in [9.17, 15) is 9.59 Å². The van der Waals surface area contributed by atoms with Crippen LogP contribution in [-0.2, 0) is 4.79 Å². The summed E-state index contributed by atoms with van der Waals surface area (Å²) in [4.78, 5) is 26.2. The second kappa shape index (κ2) is 3.79. The number of nitrogens with zero attached hydrogens (tertiary/aromatic N) is 2. The third-order valence-corrected chi connectivity index (χ3v) is 3.06.